The van der Waals surface area contributed by atoms with E-state index < -0.39 is 16.6 Å². The van der Waals surface area contributed by atoms with E-state index in [0.29, 0.717) is 30.1 Å². The van der Waals surface area contributed by atoms with Gasteiger partial charge in [-0.3, -0.25) is 4.79 Å². The average Bonchev–Trinajstić information content (AvgIpc) is 2.79. The maximum absolute atomic E-state index is 12.9. The van der Waals surface area contributed by atoms with Crippen molar-refractivity contribution in [1.82, 2.24) is 9.21 Å². The van der Waals surface area contributed by atoms with Crippen LogP contribution in [0, 0.1) is 5.92 Å². The van der Waals surface area contributed by atoms with E-state index in [1.807, 2.05) is 6.92 Å². The molecule has 2 aromatic carbocycles. The molecule has 0 N–H and O–H groups in total. The minimum absolute atomic E-state index is 0.0925. The molecule has 1 saturated heterocycles. The van der Waals surface area contributed by atoms with Gasteiger partial charge in [-0.05, 0) is 60.7 Å². The molecule has 0 aliphatic carbocycles. The number of rotatable bonds is 8. The van der Waals surface area contributed by atoms with Gasteiger partial charge in [0, 0.05) is 32.2 Å². The van der Waals surface area contributed by atoms with Crippen LogP contribution in [0.5, 0.6) is 11.5 Å². The second-order valence-corrected chi connectivity index (χ2v) is 10.1. The Bertz CT molecular complexity index is 1080. The summed E-state index contributed by atoms with van der Waals surface area (Å²) in [5.41, 5.74) is 0.996. The molecule has 7 nitrogen and oxygen atoms in total. The summed E-state index contributed by atoms with van der Waals surface area (Å²) in [6.45, 7) is 0.250. The Morgan fingerprint density at radius 2 is 1.88 bits per heavy atom. The molecule has 1 amide bonds. The summed E-state index contributed by atoms with van der Waals surface area (Å²) < 4.78 is 61.8. The zero-order chi connectivity index (χ0) is 24.2. The summed E-state index contributed by atoms with van der Waals surface area (Å²) in [6.07, 6.45) is 1.85. The Morgan fingerprint density at radius 1 is 1.18 bits per heavy atom. The fourth-order valence-corrected chi connectivity index (χ4v) is 5.45. The lowest BCUT2D eigenvalue weighted by Crippen LogP contribution is -2.39. The number of carbonyl (C=O) groups is 1. The largest absolute Gasteiger partial charge is 0.493 e. The molecule has 0 radical (unpaired) electrons. The number of hydrogen-bond donors (Lipinski definition) is 0. The van der Waals surface area contributed by atoms with Crippen molar-refractivity contribution in [1.29, 1.82) is 0 Å². The molecule has 10 heteroatoms. The number of alkyl halides is 2. The molecule has 180 valence electrons. The highest BCUT2D eigenvalue weighted by Crippen LogP contribution is 2.30. The highest BCUT2D eigenvalue weighted by Gasteiger charge is 2.28. The number of hydrogen-bond acceptors (Lipinski definition) is 5. The number of ether oxygens (including phenoxy) is 2. The van der Waals surface area contributed by atoms with Gasteiger partial charge in [0.05, 0.1) is 12.0 Å². The average molecular weight is 483 g/mol. The lowest BCUT2D eigenvalue weighted by atomic mass is 10.0. The summed E-state index contributed by atoms with van der Waals surface area (Å²) in [6, 6.07) is 10.4. The van der Waals surface area contributed by atoms with Gasteiger partial charge < -0.3 is 14.4 Å². The van der Waals surface area contributed by atoms with Crippen LogP contribution in [0.15, 0.2) is 47.4 Å². The molecule has 0 aromatic heterocycles. The molecule has 1 aliphatic rings. The second-order valence-electron chi connectivity index (χ2n) is 8.16. The van der Waals surface area contributed by atoms with Crippen molar-refractivity contribution in [3.05, 3.63) is 53.6 Å². The highest BCUT2D eigenvalue weighted by molar-refractivity contribution is 7.89. The SMILES string of the molecule is COc1cc(CN(C)C(=O)c2ccc(S(=O)(=O)N3CCC[C@@H](C)C3)cc2)ccc1OC(F)F. The fraction of sp³-hybridized carbons (Fsp3) is 0.435. The Labute approximate surface area is 192 Å². The van der Waals surface area contributed by atoms with Crippen molar-refractivity contribution < 1.29 is 31.5 Å². The molecule has 33 heavy (non-hydrogen) atoms. The van der Waals surface area contributed by atoms with Crippen molar-refractivity contribution >= 4 is 15.9 Å². The molecule has 2 aromatic rings. The van der Waals surface area contributed by atoms with E-state index in [1.54, 1.807) is 13.1 Å². The first-order chi connectivity index (χ1) is 15.6. The van der Waals surface area contributed by atoms with Crippen LogP contribution in [0.2, 0.25) is 0 Å². The summed E-state index contributed by atoms with van der Waals surface area (Å²) in [7, 11) is -0.662. The normalized spacial score (nSPS) is 17.1. The van der Waals surface area contributed by atoms with Gasteiger partial charge in [-0.15, -0.1) is 0 Å². The first-order valence-corrected chi connectivity index (χ1v) is 12.0. The standard InChI is InChI=1S/C23H28F2N2O5S/c1-16-5-4-12-27(14-16)33(29,30)19-9-7-18(8-10-19)22(28)26(2)15-17-6-11-20(32-23(24)25)21(13-17)31-3/h6-11,13,16,23H,4-5,12,14-15H2,1-3H3/t16-/m1/s1. The number of nitrogens with zero attached hydrogens (tertiary/aromatic N) is 2. The van der Waals surface area contributed by atoms with Crippen LogP contribution in [0.25, 0.3) is 0 Å². The number of benzene rings is 2. The maximum Gasteiger partial charge on any atom is 0.387 e. The highest BCUT2D eigenvalue weighted by atomic mass is 32.2. The van der Waals surface area contributed by atoms with E-state index in [9.17, 15) is 22.0 Å². The second kappa shape index (κ2) is 10.5. The van der Waals surface area contributed by atoms with Crippen molar-refractivity contribution in [3.8, 4) is 11.5 Å². The van der Waals surface area contributed by atoms with E-state index in [0.717, 1.165) is 12.8 Å². The molecule has 0 bridgehead atoms. The molecule has 0 spiro atoms. The predicted molar refractivity (Wildman–Crippen MR) is 119 cm³/mol. The van der Waals surface area contributed by atoms with Gasteiger partial charge in [0.2, 0.25) is 10.0 Å². The Kier molecular flexibility index (Phi) is 7.91. The molecule has 3 rings (SSSR count). The van der Waals surface area contributed by atoms with Crippen LogP contribution in [0.3, 0.4) is 0 Å². The van der Waals surface area contributed by atoms with Crippen LogP contribution in [-0.4, -0.2) is 57.4 Å². The number of piperidine rings is 1. The van der Waals surface area contributed by atoms with Crippen molar-refractivity contribution in [3.63, 3.8) is 0 Å². The van der Waals surface area contributed by atoms with Gasteiger partial charge in [-0.1, -0.05) is 13.0 Å². The summed E-state index contributed by atoms with van der Waals surface area (Å²) in [5.74, 6) is 0.0513. The monoisotopic (exact) mass is 482 g/mol. The van der Waals surface area contributed by atoms with Gasteiger partial charge in [-0.25, -0.2) is 8.42 Å². The first kappa shape index (κ1) is 24.9. The number of carbonyl (C=O) groups excluding carboxylic acids is 1. The lowest BCUT2D eigenvalue weighted by molar-refractivity contribution is -0.0512. The summed E-state index contributed by atoms with van der Waals surface area (Å²) in [5, 5.41) is 0. The van der Waals surface area contributed by atoms with Gasteiger partial charge in [-0.2, -0.15) is 13.1 Å². The molecule has 1 atom stereocenters. The van der Waals surface area contributed by atoms with E-state index >= 15 is 0 Å². The van der Waals surface area contributed by atoms with Crippen LogP contribution in [0.1, 0.15) is 35.7 Å². The van der Waals surface area contributed by atoms with Crippen LogP contribution >= 0.6 is 0 Å². The molecular weight excluding hydrogens is 454 g/mol. The quantitative estimate of drug-likeness (QED) is 0.569. The van der Waals surface area contributed by atoms with Crippen LogP contribution < -0.4 is 9.47 Å². The van der Waals surface area contributed by atoms with Gasteiger partial charge in [0.1, 0.15) is 0 Å². The number of halogens is 2. The zero-order valence-electron chi connectivity index (χ0n) is 18.8. The maximum atomic E-state index is 12.9. The molecule has 1 aliphatic heterocycles. The Balaban J connectivity index is 1.70. The molecule has 0 saturated carbocycles. The van der Waals surface area contributed by atoms with Gasteiger partial charge in [0.25, 0.3) is 5.91 Å². The summed E-state index contributed by atoms with van der Waals surface area (Å²) >= 11 is 0. The fourth-order valence-electron chi connectivity index (χ4n) is 3.85. The van der Waals surface area contributed by atoms with E-state index in [1.165, 1.54) is 52.7 Å². The van der Waals surface area contributed by atoms with E-state index in [2.05, 4.69) is 4.74 Å². The number of methoxy groups -OCH3 is 1. The van der Waals surface area contributed by atoms with Crippen LogP contribution in [0.4, 0.5) is 8.78 Å². The minimum atomic E-state index is -3.60. The third kappa shape index (κ3) is 6.00. The smallest absolute Gasteiger partial charge is 0.387 e. The molecular formula is C23H28F2N2O5S. The van der Waals surface area contributed by atoms with Crippen LogP contribution in [-0.2, 0) is 16.6 Å². The van der Waals surface area contributed by atoms with E-state index in [4.69, 9.17) is 4.74 Å². The minimum Gasteiger partial charge on any atom is -0.493 e. The summed E-state index contributed by atoms with van der Waals surface area (Å²) in [4.78, 5) is 14.4. The lowest BCUT2D eigenvalue weighted by Gasteiger charge is -2.30. The Hall–Kier alpha value is -2.72. The van der Waals surface area contributed by atoms with Crippen molar-refractivity contribution in [2.24, 2.45) is 5.92 Å². The molecule has 0 unspecified atom stereocenters. The van der Waals surface area contributed by atoms with Gasteiger partial charge >= 0.3 is 6.61 Å². The Morgan fingerprint density at radius 3 is 2.48 bits per heavy atom. The number of sulfonamides is 1. The third-order valence-electron chi connectivity index (χ3n) is 5.57. The predicted octanol–water partition coefficient (Wildman–Crippen LogP) is 3.99. The van der Waals surface area contributed by atoms with Crippen molar-refractivity contribution in [2.45, 2.75) is 37.8 Å². The topological polar surface area (TPSA) is 76.2 Å². The van der Waals surface area contributed by atoms with Crippen molar-refractivity contribution in [2.75, 3.05) is 27.2 Å². The third-order valence-corrected chi connectivity index (χ3v) is 7.45. The zero-order valence-corrected chi connectivity index (χ0v) is 19.6. The molecule has 1 heterocycles. The number of amides is 1. The first-order valence-electron chi connectivity index (χ1n) is 10.6. The van der Waals surface area contributed by atoms with E-state index in [-0.39, 0.29) is 28.8 Å². The molecule has 1 fully saturated rings. The van der Waals surface area contributed by atoms with Gasteiger partial charge in [0.15, 0.2) is 11.5 Å².